The third-order valence-corrected chi connectivity index (χ3v) is 5.72. The van der Waals surface area contributed by atoms with E-state index in [0.717, 1.165) is 22.3 Å². The van der Waals surface area contributed by atoms with Gasteiger partial charge in [-0.1, -0.05) is 48.5 Å². The van der Waals surface area contributed by atoms with E-state index in [9.17, 15) is 14.7 Å². The summed E-state index contributed by atoms with van der Waals surface area (Å²) in [5.41, 5.74) is 4.18. The first kappa shape index (κ1) is 27.6. The molecule has 0 aliphatic carbocycles. The molecule has 6 nitrogen and oxygen atoms in total. The molecule has 0 aliphatic rings. The molecule has 1 N–H and O–H groups in total. The van der Waals surface area contributed by atoms with Crippen LogP contribution in [-0.2, 0) is 4.74 Å². The zero-order valence-corrected chi connectivity index (χ0v) is 22.5. The fourth-order valence-electron chi connectivity index (χ4n) is 3.78. The number of carbonyl (C=O) groups excluding carboxylic acids is 2. The van der Waals surface area contributed by atoms with Crippen molar-refractivity contribution in [2.24, 2.45) is 0 Å². The zero-order valence-electron chi connectivity index (χ0n) is 22.5. The van der Waals surface area contributed by atoms with Crippen molar-refractivity contribution >= 4 is 11.9 Å². The van der Waals surface area contributed by atoms with Crippen molar-refractivity contribution in [1.82, 2.24) is 0 Å². The molecule has 1 atom stereocenters. The quantitative estimate of drug-likeness (QED) is 0.198. The largest absolute Gasteiger partial charge is 0.491 e. The van der Waals surface area contributed by atoms with Gasteiger partial charge in [-0.25, -0.2) is 9.59 Å². The van der Waals surface area contributed by atoms with Crippen molar-refractivity contribution in [2.75, 3.05) is 6.61 Å². The molecule has 0 saturated heterocycles. The van der Waals surface area contributed by atoms with E-state index in [1.807, 2.05) is 81.4 Å². The van der Waals surface area contributed by atoms with Crippen LogP contribution in [-0.4, -0.2) is 35.4 Å². The number of carbonyl (C=O) groups is 2. The Labute approximate surface area is 228 Å². The van der Waals surface area contributed by atoms with Crippen LogP contribution in [0, 0.1) is 0 Å². The highest BCUT2D eigenvalue weighted by molar-refractivity contribution is 5.92. The second kappa shape index (κ2) is 12.0. The van der Waals surface area contributed by atoms with Gasteiger partial charge >= 0.3 is 11.9 Å². The minimum atomic E-state index is -0.548. The normalized spacial score (nSPS) is 11.9. The van der Waals surface area contributed by atoms with Crippen LogP contribution in [0.15, 0.2) is 97.1 Å². The molecule has 1 unspecified atom stereocenters. The van der Waals surface area contributed by atoms with Crippen molar-refractivity contribution in [3.05, 3.63) is 108 Å². The van der Waals surface area contributed by atoms with Crippen LogP contribution in [0.4, 0.5) is 0 Å². The number of esters is 2. The molecule has 0 heterocycles. The van der Waals surface area contributed by atoms with E-state index in [0.29, 0.717) is 22.6 Å². The SMILES string of the molecule is CC(O)COc1ccc(-c2ccc(C(=O)Oc3ccc(-c4ccc(C(=O)OC(C)(C)C)cc4)cc3)cc2)cc1. The molecule has 0 fully saturated rings. The van der Waals surface area contributed by atoms with E-state index < -0.39 is 17.7 Å². The molecule has 4 rings (SSSR count). The summed E-state index contributed by atoms with van der Waals surface area (Å²) in [4.78, 5) is 24.9. The van der Waals surface area contributed by atoms with E-state index in [2.05, 4.69) is 0 Å². The van der Waals surface area contributed by atoms with Crippen LogP contribution < -0.4 is 9.47 Å². The van der Waals surface area contributed by atoms with Gasteiger partial charge in [0, 0.05) is 0 Å². The number of hydrogen-bond acceptors (Lipinski definition) is 6. The number of benzene rings is 4. The summed E-state index contributed by atoms with van der Waals surface area (Å²) < 4.78 is 16.5. The lowest BCUT2D eigenvalue weighted by molar-refractivity contribution is 0.00693. The average molecular weight is 525 g/mol. The van der Waals surface area contributed by atoms with Gasteiger partial charge in [0.25, 0.3) is 0 Å². The van der Waals surface area contributed by atoms with Crippen molar-refractivity contribution in [3.63, 3.8) is 0 Å². The maximum Gasteiger partial charge on any atom is 0.343 e. The highest BCUT2D eigenvalue weighted by Crippen LogP contribution is 2.26. The van der Waals surface area contributed by atoms with E-state index in [1.54, 1.807) is 43.3 Å². The van der Waals surface area contributed by atoms with Crippen molar-refractivity contribution in [3.8, 4) is 33.8 Å². The Morgan fingerprint density at radius 2 is 1.03 bits per heavy atom. The second-order valence-corrected chi connectivity index (χ2v) is 10.3. The van der Waals surface area contributed by atoms with Crippen molar-refractivity contribution < 1.29 is 28.9 Å². The maximum absolute atomic E-state index is 12.7. The van der Waals surface area contributed by atoms with Gasteiger partial charge in [-0.05, 0) is 98.5 Å². The molecular weight excluding hydrogens is 492 g/mol. The third-order valence-electron chi connectivity index (χ3n) is 5.72. The Bertz CT molecular complexity index is 1400. The third kappa shape index (κ3) is 7.79. The number of rotatable bonds is 8. The molecule has 0 radical (unpaired) electrons. The van der Waals surface area contributed by atoms with Crippen LogP contribution in [0.3, 0.4) is 0 Å². The van der Waals surface area contributed by atoms with Crippen LogP contribution in [0.1, 0.15) is 48.4 Å². The summed E-state index contributed by atoms with van der Waals surface area (Å²) >= 11 is 0. The van der Waals surface area contributed by atoms with Gasteiger partial charge in [-0.15, -0.1) is 0 Å². The molecule has 4 aromatic carbocycles. The zero-order chi connectivity index (χ0) is 28.0. The molecule has 0 spiro atoms. The maximum atomic E-state index is 12.7. The molecule has 4 aromatic rings. The summed E-state index contributed by atoms with van der Waals surface area (Å²) in [7, 11) is 0. The van der Waals surface area contributed by atoms with E-state index in [1.165, 1.54) is 0 Å². The lowest BCUT2D eigenvalue weighted by Gasteiger charge is -2.19. The van der Waals surface area contributed by atoms with Crippen LogP contribution in [0.5, 0.6) is 11.5 Å². The van der Waals surface area contributed by atoms with Gasteiger partial charge in [0.15, 0.2) is 0 Å². The fourth-order valence-corrected chi connectivity index (χ4v) is 3.78. The average Bonchev–Trinajstić information content (AvgIpc) is 2.92. The van der Waals surface area contributed by atoms with Crippen LogP contribution >= 0.6 is 0 Å². The van der Waals surface area contributed by atoms with Gasteiger partial charge in [0.2, 0.25) is 0 Å². The molecule has 0 aromatic heterocycles. The van der Waals surface area contributed by atoms with Gasteiger partial charge in [0.05, 0.1) is 17.2 Å². The van der Waals surface area contributed by atoms with Gasteiger partial charge in [-0.2, -0.15) is 0 Å². The van der Waals surface area contributed by atoms with E-state index >= 15 is 0 Å². The molecule has 39 heavy (non-hydrogen) atoms. The summed E-state index contributed by atoms with van der Waals surface area (Å²) in [5.74, 6) is 0.313. The smallest absolute Gasteiger partial charge is 0.343 e. The molecule has 0 bridgehead atoms. The van der Waals surface area contributed by atoms with Crippen LogP contribution in [0.25, 0.3) is 22.3 Å². The molecular formula is C33H32O6. The first-order valence-electron chi connectivity index (χ1n) is 12.7. The summed E-state index contributed by atoms with van der Waals surface area (Å²) in [5, 5.41) is 9.34. The van der Waals surface area contributed by atoms with Crippen molar-refractivity contribution in [2.45, 2.75) is 39.4 Å². The Balaban J connectivity index is 1.35. The molecule has 0 saturated carbocycles. The number of aliphatic hydroxyl groups is 1. The van der Waals surface area contributed by atoms with Gasteiger partial charge in [-0.3, -0.25) is 0 Å². The summed E-state index contributed by atoms with van der Waals surface area (Å²) in [6, 6.07) is 29.1. The molecule has 6 heteroatoms. The minimum absolute atomic E-state index is 0.238. The second-order valence-electron chi connectivity index (χ2n) is 10.3. The summed E-state index contributed by atoms with van der Waals surface area (Å²) in [6.45, 7) is 7.41. The van der Waals surface area contributed by atoms with Gasteiger partial charge < -0.3 is 19.3 Å². The Morgan fingerprint density at radius 1 is 0.641 bits per heavy atom. The summed E-state index contributed by atoms with van der Waals surface area (Å²) in [6.07, 6.45) is -0.528. The topological polar surface area (TPSA) is 82.1 Å². The lowest BCUT2D eigenvalue weighted by Crippen LogP contribution is -2.23. The van der Waals surface area contributed by atoms with Crippen molar-refractivity contribution in [1.29, 1.82) is 0 Å². The Kier molecular flexibility index (Phi) is 8.47. The van der Waals surface area contributed by atoms with Crippen LogP contribution in [0.2, 0.25) is 0 Å². The van der Waals surface area contributed by atoms with E-state index in [4.69, 9.17) is 14.2 Å². The first-order chi connectivity index (χ1) is 18.6. The first-order valence-corrected chi connectivity index (χ1v) is 12.7. The number of aliphatic hydroxyl groups excluding tert-OH is 1. The van der Waals surface area contributed by atoms with Gasteiger partial charge in [0.1, 0.15) is 23.7 Å². The highest BCUT2D eigenvalue weighted by atomic mass is 16.6. The fraction of sp³-hybridized carbons (Fsp3) is 0.212. The molecule has 200 valence electrons. The molecule has 0 aliphatic heterocycles. The Morgan fingerprint density at radius 3 is 1.44 bits per heavy atom. The Hall–Kier alpha value is -4.42. The number of ether oxygens (including phenoxy) is 3. The van der Waals surface area contributed by atoms with E-state index in [-0.39, 0.29) is 12.6 Å². The highest BCUT2D eigenvalue weighted by Gasteiger charge is 2.18. The number of hydrogen-bond donors (Lipinski definition) is 1. The predicted octanol–water partition coefficient (Wildman–Crippen LogP) is 6.95. The predicted molar refractivity (Wildman–Crippen MR) is 151 cm³/mol. The standard InChI is InChI=1S/C33H32O6/c1-22(34)21-37-29-17-13-25(14-18-29)23-5-9-27(10-6-23)31(35)38-30-19-15-26(16-20-30)24-7-11-28(12-8-24)32(36)39-33(2,3)4/h5-20,22,34H,21H2,1-4H3. The lowest BCUT2D eigenvalue weighted by atomic mass is 10.0. The monoisotopic (exact) mass is 524 g/mol. The minimum Gasteiger partial charge on any atom is -0.491 e. The molecule has 0 amide bonds.